The fraction of sp³-hybridized carbons (Fsp3) is 0.500. The molecule has 0 saturated carbocycles. The molecule has 0 amide bonds. The summed E-state index contributed by atoms with van der Waals surface area (Å²) in [7, 11) is 5.23. The fourth-order valence-corrected chi connectivity index (χ4v) is 2.17. The van der Waals surface area contributed by atoms with Crippen LogP contribution in [0.1, 0.15) is 42.9 Å². The van der Waals surface area contributed by atoms with Gasteiger partial charge in [-0.1, -0.05) is 13.8 Å². The van der Waals surface area contributed by atoms with E-state index < -0.39 is 5.97 Å². The number of hydrogen-bond acceptors (Lipinski definition) is 7. The second kappa shape index (κ2) is 7.29. The highest BCUT2D eigenvalue weighted by Crippen LogP contribution is 2.26. The minimum atomic E-state index is -0.456. The van der Waals surface area contributed by atoms with E-state index in [4.69, 9.17) is 9.47 Å². The maximum Gasteiger partial charge on any atom is 0.358 e. The molecule has 0 atom stereocenters. The molecule has 2 heterocycles. The minimum absolute atomic E-state index is 0.138. The molecule has 0 bridgehead atoms. The molecule has 0 saturated heterocycles. The Hall–Kier alpha value is -2.64. The second-order valence-electron chi connectivity index (χ2n) is 5.70. The van der Waals surface area contributed by atoms with Crippen LogP contribution in [0.5, 0.6) is 5.88 Å². The third kappa shape index (κ3) is 3.47. The first-order valence-corrected chi connectivity index (χ1v) is 7.74. The van der Waals surface area contributed by atoms with Crippen molar-refractivity contribution in [2.45, 2.75) is 26.7 Å². The highest BCUT2D eigenvalue weighted by molar-refractivity contribution is 5.87. The van der Waals surface area contributed by atoms with Crippen LogP contribution in [0.4, 0.5) is 5.95 Å². The number of aromatic nitrogens is 4. The van der Waals surface area contributed by atoms with Gasteiger partial charge in [0.15, 0.2) is 5.69 Å². The van der Waals surface area contributed by atoms with E-state index >= 15 is 0 Å². The molecule has 2 rings (SSSR count). The molecule has 0 spiro atoms. The molecule has 2 aromatic heterocycles. The molecule has 0 fully saturated rings. The first kappa shape index (κ1) is 17.7. The smallest absolute Gasteiger partial charge is 0.358 e. The Morgan fingerprint density at radius 1 is 1.38 bits per heavy atom. The Balaban J connectivity index is 2.56. The standard InChI is InChI=1S/C16H23N5O3/c1-7-24-15(22)11-8-12(10(2)3)21(19-11)13-9-17-16(20(4)5)18-14(13)23-6/h8-10H,7H2,1-6H3. The number of ether oxygens (including phenoxy) is 2. The molecule has 0 aromatic carbocycles. The second-order valence-corrected chi connectivity index (χ2v) is 5.70. The number of esters is 1. The Labute approximate surface area is 141 Å². The number of anilines is 1. The van der Waals surface area contributed by atoms with Crippen LogP contribution in [-0.4, -0.2) is 53.5 Å². The molecule has 8 nitrogen and oxygen atoms in total. The van der Waals surface area contributed by atoms with Crippen molar-refractivity contribution in [1.29, 1.82) is 0 Å². The predicted molar refractivity (Wildman–Crippen MR) is 90.1 cm³/mol. The minimum Gasteiger partial charge on any atom is -0.479 e. The van der Waals surface area contributed by atoms with Gasteiger partial charge in [-0.2, -0.15) is 10.1 Å². The Kier molecular flexibility index (Phi) is 5.38. The van der Waals surface area contributed by atoms with Crippen LogP contribution < -0.4 is 9.64 Å². The molecule has 0 aliphatic carbocycles. The number of nitrogens with zero attached hydrogens (tertiary/aromatic N) is 5. The van der Waals surface area contributed by atoms with E-state index in [0.717, 1.165) is 5.69 Å². The zero-order valence-electron chi connectivity index (χ0n) is 14.9. The molecular formula is C16H23N5O3. The zero-order chi connectivity index (χ0) is 17.9. The molecule has 0 aliphatic rings. The largest absolute Gasteiger partial charge is 0.479 e. The average molecular weight is 333 g/mol. The highest BCUT2D eigenvalue weighted by Gasteiger charge is 2.21. The summed E-state index contributed by atoms with van der Waals surface area (Å²) in [5.41, 5.74) is 1.67. The summed E-state index contributed by atoms with van der Waals surface area (Å²) in [5, 5.41) is 4.37. The van der Waals surface area contributed by atoms with Gasteiger partial charge in [0.1, 0.15) is 5.69 Å². The lowest BCUT2D eigenvalue weighted by Crippen LogP contribution is -2.15. The molecule has 0 radical (unpaired) electrons. The molecule has 2 aromatic rings. The fourth-order valence-electron chi connectivity index (χ4n) is 2.17. The van der Waals surface area contributed by atoms with E-state index in [-0.39, 0.29) is 11.6 Å². The zero-order valence-corrected chi connectivity index (χ0v) is 14.9. The van der Waals surface area contributed by atoms with E-state index in [1.165, 1.54) is 7.11 Å². The van der Waals surface area contributed by atoms with Gasteiger partial charge in [0.25, 0.3) is 0 Å². The van der Waals surface area contributed by atoms with Crippen LogP contribution in [0.2, 0.25) is 0 Å². The molecule has 0 N–H and O–H groups in total. The van der Waals surface area contributed by atoms with Crippen molar-refractivity contribution in [3.8, 4) is 11.6 Å². The number of hydrogen-bond donors (Lipinski definition) is 0. The van der Waals surface area contributed by atoms with Gasteiger partial charge in [-0.25, -0.2) is 14.5 Å². The Morgan fingerprint density at radius 2 is 2.08 bits per heavy atom. The van der Waals surface area contributed by atoms with Crippen LogP contribution in [0.15, 0.2) is 12.3 Å². The van der Waals surface area contributed by atoms with Gasteiger partial charge in [0.05, 0.1) is 19.9 Å². The van der Waals surface area contributed by atoms with E-state index in [1.54, 1.807) is 28.8 Å². The van der Waals surface area contributed by atoms with Crippen molar-refractivity contribution in [3.63, 3.8) is 0 Å². The Morgan fingerprint density at radius 3 is 2.62 bits per heavy atom. The van der Waals surface area contributed by atoms with Crippen LogP contribution in [0, 0.1) is 0 Å². The van der Waals surface area contributed by atoms with Gasteiger partial charge in [0.2, 0.25) is 11.8 Å². The van der Waals surface area contributed by atoms with E-state index in [1.807, 2.05) is 27.9 Å². The lowest BCUT2D eigenvalue weighted by atomic mass is 10.1. The van der Waals surface area contributed by atoms with E-state index in [0.29, 0.717) is 24.1 Å². The highest BCUT2D eigenvalue weighted by atomic mass is 16.5. The molecule has 0 unspecified atom stereocenters. The van der Waals surface area contributed by atoms with Crippen molar-refractivity contribution in [1.82, 2.24) is 19.7 Å². The molecule has 130 valence electrons. The van der Waals surface area contributed by atoms with Gasteiger partial charge < -0.3 is 14.4 Å². The van der Waals surface area contributed by atoms with E-state index in [2.05, 4.69) is 15.1 Å². The summed E-state index contributed by atoms with van der Waals surface area (Å²) < 4.78 is 12.1. The first-order valence-electron chi connectivity index (χ1n) is 7.74. The van der Waals surface area contributed by atoms with Gasteiger partial charge >= 0.3 is 5.97 Å². The van der Waals surface area contributed by atoms with Gasteiger partial charge in [-0.3, -0.25) is 0 Å². The lowest BCUT2D eigenvalue weighted by Gasteiger charge is -2.15. The average Bonchev–Trinajstić information content (AvgIpc) is 2.99. The SMILES string of the molecule is CCOC(=O)c1cc(C(C)C)n(-c2cnc(N(C)C)nc2OC)n1. The lowest BCUT2D eigenvalue weighted by molar-refractivity contribution is 0.0519. The molecular weight excluding hydrogens is 310 g/mol. The summed E-state index contributed by atoms with van der Waals surface area (Å²) >= 11 is 0. The van der Waals surface area contributed by atoms with Crippen LogP contribution in [0.25, 0.3) is 5.69 Å². The van der Waals surface area contributed by atoms with Crippen molar-refractivity contribution >= 4 is 11.9 Å². The van der Waals surface area contributed by atoms with Gasteiger partial charge in [-0.05, 0) is 18.9 Å². The van der Waals surface area contributed by atoms with Crippen molar-refractivity contribution in [2.75, 3.05) is 32.7 Å². The number of carbonyl (C=O) groups excluding carboxylic acids is 1. The van der Waals surface area contributed by atoms with Crippen LogP contribution in [-0.2, 0) is 4.74 Å². The van der Waals surface area contributed by atoms with Crippen molar-refractivity contribution in [3.05, 3.63) is 23.7 Å². The van der Waals surface area contributed by atoms with Gasteiger partial charge in [-0.15, -0.1) is 0 Å². The summed E-state index contributed by atoms with van der Waals surface area (Å²) in [5.74, 6) is 0.593. The summed E-state index contributed by atoms with van der Waals surface area (Å²) in [6, 6.07) is 1.72. The summed E-state index contributed by atoms with van der Waals surface area (Å²) in [6.45, 7) is 6.09. The maximum absolute atomic E-state index is 12.0. The predicted octanol–water partition coefficient (Wildman–Crippen LogP) is 2.04. The number of methoxy groups -OCH3 is 1. The monoisotopic (exact) mass is 333 g/mol. The van der Waals surface area contributed by atoms with Crippen LogP contribution >= 0.6 is 0 Å². The Bertz CT molecular complexity index is 724. The molecule has 8 heteroatoms. The van der Waals surface area contributed by atoms with Gasteiger partial charge in [0, 0.05) is 19.8 Å². The summed E-state index contributed by atoms with van der Waals surface area (Å²) in [6.07, 6.45) is 1.63. The normalized spacial score (nSPS) is 10.8. The van der Waals surface area contributed by atoms with Crippen molar-refractivity contribution in [2.24, 2.45) is 0 Å². The quantitative estimate of drug-likeness (QED) is 0.748. The molecule has 24 heavy (non-hydrogen) atoms. The van der Waals surface area contributed by atoms with E-state index in [9.17, 15) is 4.79 Å². The molecule has 0 aliphatic heterocycles. The van der Waals surface area contributed by atoms with Crippen LogP contribution in [0.3, 0.4) is 0 Å². The topological polar surface area (TPSA) is 82.4 Å². The number of rotatable bonds is 6. The number of carbonyl (C=O) groups is 1. The third-order valence-electron chi connectivity index (χ3n) is 3.36. The third-order valence-corrected chi connectivity index (χ3v) is 3.36. The summed E-state index contributed by atoms with van der Waals surface area (Å²) in [4.78, 5) is 22.5. The first-order chi connectivity index (χ1) is 11.4. The van der Waals surface area contributed by atoms with Crippen molar-refractivity contribution < 1.29 is 14.3 Å². The maximum atomic E-state index is 12.0.